The highest BCUT2D eigenvalue weighted by Crippen LogP contribution is 2.34. The average molecular weight is 349 g/mol. The molecule has 0 spiro atoms. The van der Waals surface area contributed by atoms with E-state index in [9.17, 15) is 4.39 Å². The predicted molar refractivity (Wildman–Crippen MR) is 98.4 cm³/mol. The van der Waals surface area contributed by atoms with E-state index in [1.807, 2.05) is 32.0 Å². The summed E-state index contributed by atoms with van der Waals surface area (Å²) < 4.78 is 25.0. The maximum Gasteiger partial charge on any atom is 0.255 e. The summed E-state index contributed by atoms with van der Waals surface area (Å²) in [6.45, 7) is 8.10. The van der Waals surface area contributed by atoms with E-state index in [1.54, 1.807) is 12.1 Å². The van der Waals surface area contributed by atoms with E-state index in [4.69, 9.17) is 9.05 Å². The fourth-order valence-corrected chi connectivity index (χ4v) is 3.53. The molecule has 2 aromatic carbocycles. The molecule has 0 aliphatic heterocycles. The first kappa shape index (κ1) is 19.0. The third-order valence-electron chi connectivity index (χ3n) is 3.68. The van der Waals surface area contributed by atoms with Gasteiger partial charge in [-0.1, -0.05) is 49.4 Å². The van der Waals surface area contributed by atoms with Crippen molar-refractivity contribution in [3.63, 3.8) is 0 Å². The molecule has 0 heterocycles. The van der Waals surface area contributed by atoms with Crippen LogP contribution < -0.4 is 5.09 Å². The Labute approximate surface area is 145 Å². The van der Waals surface area contributed by atoms with Gasteiger partial charge in [0.05, 0.1) is 13.2 Å². The van der Waals surface area contributed by atoms with Crippen molar-refractivity contribution >= 4 is 8.53 Å². The third kappa shape index (κ3) is 5.35. The monoisotopic (exact) mass is 349 g/mol. The number of rotatable bonds is 9. The Kier molecular flexibility index (Phi) is 7.80. The van der Waals surface area contributed by atoms with Crippen LogP contribution in [0.15, 0.2) is 48.5 Å². The molecule has 0 saturated heterocycles. The highest BCUT2D eigenvalue weighted by Gasteiger charge is 2.13. The smallest absolute Gasteiger partial charge is 0.255 e. The topological polar surface area (TPSA) is 30.5 Å². The van der Waals surface area contributed by atoms with Gasteiger partial charge in [-0.2, -0.15) is 0 Å². The van der Waals surface area contributed by atoms with E-state index >= 15 is 0 Å². The van der Waals surface area contributed by atoms with Crippen molar-refractivity contribution < 1.29 is 13.4 Å². The number of hydrogen-bond acceptors (Lipinski definition) is 3. The highest BCUT2D eigenvalue weighted by atomic mass is 31.2. The lowest BCUT2D eigenvalue weighted by molar-refractivity contribution is 0.260. The van der Waals surface area contributed by atoms with Gasteiger partial charge in [0.25, 0.3) is 8.53 Å². The first-order valence-electron chi connectivity index (χ1n) is 8.30. The summed E-state index contributed by atoms with van der Waals surface area (Å²) in [7, 11) is -1.03. The molecule has 5 heteroatoms. The molecule has 0 saturated carbocycles. The molecule has 2 aromatic rings. The van der Waals surface area contributed by atoms with Crippen molar-refractivity contribution in [3.8, 4) is 11.1 Å². The summed E-state index contributed by atoms with van der Waals surface area (Å²) in [5, 5.41) is 3.34. The largest absolute Gasteiger partial charge is 0.322 e. The number of hydrogen-bond donors (Lipinski definition) is 1. The van der Waals surface area contributed by atoms with Crippen molar-refractivity contribution in [2.45, 2.75) is 26.7 Å². The van der Waals surface area contributed by atoms with E-state index < -0.39 is 8.53 Å². The van der Waals surface area contributed by atoms with Gasteiger partial charge in [0.15, 0.2) is 0 Å². The average Bonchev–Trinajstić information content (AvgIpc) is 2.60. The van der Waals surface area contributed by atoms with Crippen molar-refractivity contribution in [2.24, 2.45) is 0 Å². The zero-order valence-electron chi connectivity index (χ0n) is 14.5. The van der Waals surface area contributed by atoms with Gasteiger partial charge in [-0.25, -0.2) is 9.48 Å². The summed E-state index contributed by atoms with van der Waals surface area (Å²) in [6.07, 6.45) is 0. The Morgan fingerprint density at radius 3 is 2.21 bits per heavy atom. The van der Waals surface area contributed by atoms with Crippen LogP contribution in [0.5, 0.6) is 0 Å². The summed E-state index contributed by atoms with van der Waals surface area (Å²) in [5.41, 5.74) is 2.72. The Morgan fingerprint density at radius 1 is 1.00 bits per heavy atom. The Bertz CT molecular complexity index is 615. The van der Waals surface area contributed by atoms with Gasteiger partial charge in [0.2, 0.25) is 0 Å². The second-order valence-corrected chi connectivity index (χ2v) is 6.80. The Hall–Kier alpha value is -1.32. The van der Waals surface area contributed by atoms with Crippen LogP contribution in [0.3, 0.4) is 0 Å². The molecule has 130 valence electrons. The van der Waals surface area contributed by atoms with Gasteiger partial charge in [-0.3, -0.25) is 0 Å². The molecule has 0 radical (unpaired) electrons. The van der Waals surface area contributed by atoms with Crippen molar-refractivity contribution in [3.05, 3.63) is 59.9 Å². The van der Waals surface area contributed by atoms with E-state index in [1.165, 1.54) is 11.6 Å². The van der Waals surface area contributed by atoms with Crippen molar-refractivity contribution in [1.29, 1.82) is 0 Å². The SMILES string of the molecule is CCOP(NCC(C)c1ccc(-c2ccccc2F)cc1)OCC. The number of nitrogens with one attached hydrogen (secondary N) is 1. The van der Waals surface area contributed by atoms with Crippen LogP contribution in [0.25, 0.3) is 11.1 Å². The van der Waals surface area contributed by atoms with Crippen LogP contribution >= 0.6 is 8.53 Å². The minimum absolute atomic E-state index is 0.195. The summed E-state index contributed by atoms with van der Waals surface area (Å²) in [6, 6.07) is 14.9. The quantitative estimate of drug-likeness (QED) is 0.608. The number of benzene rings is 2. The molecule has 0 aromatic heterocycles. The minimum Gasteiger partial charge on any atom is -0.322 e. The van der Waals surface area contributed by atoms with Crippen molar-refractivity contribution in [2.75, 3.05) is 19.8 Å². The van der Waals surface area contributed by atoms with E-state index in [0.717, 1.165) is 12.1 Å². The Morgan fingerprint density at radius 2 is 1.62 bits per heavy atom. The van der Waals surface area contributed by atoms with Crippen LogP contribution in [0.1, 0.15) is 32.3 Å². The normalized spacial score (nSPS) is 12.5. The lowest BCUT2D eigenvalue weighted by atomic mass is 9.97. The molecule has 2 rings (SSSR count). The maximum atomic E-state index is 13.9. The van der Waals surface area contributed by atoms with E-state index in [0.29, 0.717) is 24.7 Å². The van der Waals surface area contributed by atoms with Crippen LogP contribution in [0, 0.1) is 5.82 Å². The fraction of sp³-hybridized carbons (Fsp3) is 0.368. The minimum atomic E-state index is -1.03. The zero-order chi connectivity index (χ0) is 17.4. The molecule has 0 aliphatic carbocycles. The second kappa shape index (κ2) is 9.85. The fourth-order valence-electron chi connectivity index (χ4n) is 2.38. The lowest BCUT2D eigenvalue weighted by Gasteiger charge is -2.19. The molecule has 0 fully saturated rings. The molecule has 1 unspecified atom stereocenters. The molecule has 0 bridgehead atoms. The molecule has 1 N–H and O–H groups in total. The third-order valence-corrected chi connectivity index (χ3v) is 5.11. The number of halogens is 1. The van der Waals surface area contributed by atoms with Crippen molar-refractivity contribution in [1.82, 2.24) is 5.09 Å². The van der Waals surface area contributed by atoms with E-state index in [2.05, 4.69) is 24.1 Å². The van der Waals surface area contributed by atoms with Gasteiger partial charge < -0.3 is 9.05 Å². The first-order chi connectivity index (χ1) is 11.7. The van der Waals surface area contributed by atoms with Gasteiger partial charge in [-0.05, 0) is 37.0 Å². The molecular formula is C19H25FNO2P. The molecule has 24 heavy (non-hydrogen) atoms. The van der Waals surface area contributed by atoms with Gasteiger partial charge in [0, 0.05) is 12.1 Å². The van der Waals surface area contributed by atoms with Crippen LogP contribution in [0.2, 0.25) is 0 Å². The first-order valence-corrected chi connectivity index (χ1v) is 9.47. The maximum absolute atomic E-state index is 13.9. The molecule has 3 nitrogen and oxygen atoms in total. The Balaban J connectivity index is 1.98. The molecule has 0 aliphatic rings. The van der Waals surface area contributed by atoms with Crippen LogP contribution in [-0.2, 0) is 9.05 Å². The predicted octanol–water partition coefficient (Wildman–Crippen LogP) is 5.49. The molecular weight excluding hydrogens is 324 g/mol. The van der Waals surface area contributed by atoms with Gasteiger partial charge in [0.1, 0.15) is 5.82 Å². The lowest BCUT2D eigenvalue weighted by Crippen LogP contribution is -2.17. The highest BCUT2D eigenvalue weighted by molar-refractivity contribution is 7.44. The van der Waals surface area contributed by atoms with Gasteiger partial charge in [-0.15, -0.1) is 0 Å². The van der Waals surface area contributed by atoms with Gasteiger partial charge >= 0.3 is 0 Å². The summed E-state index contributed by atoms with van der Waals surface area (Å²) in [5.74, 6) is 0.115. The molecule has 0 amide bonds. The summed E-state index contributed by atoms with van der Waals surface area (Å²) in [4.78, 5) is 0. The summed E-state index contributed by atoms with van der Waals surface area (Å²) >= 11 is 0. The molecule has 1 atom stereocenters. The van der Waals surface area contributed by atoms with E-state index in [-0.39, 0.29) is 5.82 Å². The zero-order valence-corrected chi connectivity index (χ0v) is 15.4. The van der Waals surface area contributed by atoms with Crippen LogP contribution in [-0.4, -0.2) is 19.8 Å². The second-order valence-electron chi connectivity index (χ2n) is 5.46. The van der Waals surface area contributed by atoms with Crippen LogP contribution in [0.4, 0.5) is 4.39 Å². The standard InChI is InChI=1S/C19H25FNO2P/c1-4-22-24(23-5-2)21-14-15(3)16-10-12-17(13-11-16)18-8-6-7-9-19(18)20/h6-13,15,21H,4-5,14H2,1-3H3.